The monoisotopic (exact) mass is 273 g/mol. The molecule has 20 heavy (non-hydrogen) atoms. The molecule has 0 radical (unpaired) electrons. The maximum Gasteiger partial charge on any atom is 0.293 e. The van der Waals surface area contributed by atoms with Crippen LogP contribution in [-0.2, 0) is 9.53 Å². The summed E-state index contributed by atoms with van der Waals surface area (Å²) in [6, 6.07) is 6.03. The van der Waals surface area contributed by atoms with Gasteiger partial charge >= 0.3 is 0 Å². The van der Waals surface area contributed by atoms with Gasteiger partial charge in [-0.3, -0.25) is 14.8 Å². The first-order chi connectivity index (χ1) is 9.65. The second-order valence-electron chi connectivity index (χ2n) is 4.12. The molecule has 0 spiro atoms. The van der Waals surface area contributed by atoms with E-state index in [2.05, 4.69) is 20.0 Å². The number of nitrogens with one attached hydrogen (secondary N) is 1. The molecular formula is C15H19N3O2. The van der Waals surface area contributed by atoms with E-state index < -0.39 is 0 Å². The Labute approximate surface area is 119 Å². The SMILES string of the molecule is CCOC=O.Cc1cncc(Nc2ccc(C)nc2)c1. The van der Waals surface area contributed by atoms with Gasteiger partial charge in [0.15, 0.2) is 0 Å². The second-order valence-corrected chi connectivity index (χ2v) is 4.12. The fourth-order valence-electron chi connectivity index (χ4n) is 1.40. The molecule has 2 aromatic rings. The molecule has 0 aliphatic carbocycles. The first-order valence-corrected chi connectivity index (χ1v) is 6.32. The van der Waals surface area contributed by atoms with Gasteiger partial charge in [0.25, 0.3) is 6.47 Å². The zero-order chi connectivity index (χ0) is 14.8. The van der Waals surface area contributed by atoms with E-state index in [-0.39, 0.29) is 0 Å². The van der Waals surface area contributed by atoms with Crippen LogP contribution < -0.4 is 5.32 Å². The predicted octanol–water partition coefficient (Wildman–Crippen LogP) is 3.02. The van der Waals surface area contributed by atoms with Crippen molar-refractivity contribution in [1.29, 1.82) is 0 Å². The molecule has 2 heterocycles. The van der Waals surface area contributed by atoms with E-state index in [1.807, 2.05) is 44.4 Å². The Morgan fingerprint density at radius 1 is 1.20 bits per heavy atom. The molecule has 0 saturated heterocycles. The van der Waals surface area contributed by atoms with Crippen molar-refractivity contribution in [3.8, 4) is 0 Å². The highest BCUT2D eigenvalue weighted by Crippen LogP contribution is 2.15. The first-order valence-electron chi connectivity index (χ1n) is 6.32. The molecule has 0 amide bonds. The Morgan fingerprint density at radius 2 is 2.00 bits per heavy atom. The van der Waals surface area contributed by atoms with E-state index in [0.29, 0.717) is 13.1 Å². The summed E-state index contributed by atoms with van der Waals surface area (Å²) < 4.78 is 4.15. The van der Waals surface area contributed by atoms with Crippen LogP contribution in [0.1, 0.15) is 18.2 Å². The standard InChI is InChI=1S/C12H13N3.C3H6O2/c1-9-5-12(7-13-6-9)15-11-4-3-10(2)14-8-11;1-2-5-3-4/h3-8,15H,1-2H3;3H,2H2,1H3. The summed E-state index contributed by atoms with van der Waals surface area (Å²) in [6.45, 7) is 6.65. The average Bonchev–Trinajstić information content (AvgIpc) is 2.43. The molecule has 2 aromatic heterocycles. The van der Waals surface area contributed by atoms with Crippen molar-refractivity contribution in [3.05, 3.63) is 48.0 Å². The highest BCUT2D eigenvalue weighted by molar-refractivity contribution is 5.58. The summed E-state index contributed by atoms with van der Waals surface area (Å²) in [5.74, 6) is 0. The maximum absolute atomic E-state index is 9.18. The molecule has 0 saturated carbocycles. The molecule has 0 atom stereocenters. The molecule has 0 aliphatic rings. The fraction of sp³-hybridized carbons (Fsp3) is 0.267. The predicted molar refractivity (Wildman–Crippen MR) is 78.9 cm³/mol. The van der Waals surface area contributed by atoms with Gasteiger partial charge in [-0.2, -0.15) is 0 Å². The van der Waals surface area contributed by atoms with Crippen LogP contribution in [0.15, 0.2) is 36.8 Å². The minimum absolute atomic E-state index is 0.431. The Bertz CT molecular complexity index is 527. The van der Waals surface area contributed by atoms with E-state index in [9.17, 15) is 4.79 Å². The molecule has 0 unspecified atom stereocenters. The number of hydrogen-bond acceptors (Lipinski definition) is 5. The second kappa shape index (κ2) is 8.63. The van der Waals surface area contributed by atoms with E-state index in [1.54, 1.807) is 13.1 Å². The molecule has 0 fully saturated rings. The zero-order valence-electron chi connectivity index (χ0n) is 12.0. The van der Waals surface area contributed by atoms with Crippen LogP contribution in [-0.4, -0.2) is 23.0 Å². The summed E-state index contributed by atoms with van der Waals surface area (Å²) >= 11 is 0. The summed E-state index contributed by atoms with van der Waals surface area (Å²) in [5, 5.41) is 3.25. The quantitative estimate of drug-likeness (QED) is 0.867. The van der Waals surface area contributed by atoms with Gasteiger partial charge in [0.05, 0.1) is 30.4 Å². The van der Waals surface area contributed by atoms with Gasteiger partial charge in [-0.15, -0.1) is 0 Å². The smallest absolute Gasteiger partial charge is 0.293 e. The number of nitrogens with zero attached hydrogens (tertiary/aromatic N) is 2. The number of carbonyl (C=O) groups excluding carboxylic acids is 1. The minimum Gasteiger partial charge on any atom is -0.468 e. The van der Waals surface area contributed by atoms with Crippen LogP contribution in [0.5, 0.6) is 0 Å². The van der Waals surface area contributed by atoms with Crippen molar-refractivity contribution in [2.75, 3.05) is 11.9 Å². The van der Waals surface area contributed by atoms with Gasteiger partial charge in [-0.25, -0.2) is 0 Å². The van der Waals surface area contributed by atoms with Crippen molar-refractivity contribution >= 4 is 17.8 Å². The molecule has 1 N–H and O–H groups in total. The van der Waals surface area contributed by atoms with E-state index in [0.717, 1.165) is 22.6 Å². The molecule has 0 bridgehead atoms. The molecule has 2 rings (SSSR count). The summed E-state index contributed by atoms with van der Waals surface area (Å²) in [5.41, 5.74) is 4.12. The van der Waals surface area contributed by atoms with E-state index in [4.69, 9.17) is 0 Å². The average molecular weight is 273 g/mol. The molecular weight excluding hydrogens is 254 g/mol. The molecule has 106 valence electrons. The Hall–Kier alpha value is -2.43. The minimum atomic E-state index is 0.431. The topological polar surface area (TPSA) is 64.1 Å². The van der Waals surface area contributed by atoms with Crippen molar-refractivity contribution in [2.45, 2.75) is 20.8 Å². The molecule has 0 aliphatic heterocycles. The van der Waals surface area contributed by atoms with Crippen LogP contribution in [0.4, 0.5) is 11.4 Å². The molecule has 0 aromatic carbocycles. The number of hydrogen-bond donors (Lipinski definition) is 1. The largest absolute Gasteiger partial charge is 0.468 e. The third-order valence-corrected chi connectivity index (χ3v) is 2.31. The number of ether oxygens (including phenoxy) is 1. The third-order valence-electron chi connectivity index (χ3n) is 2.31. The number of rotatable bonds is 4. The molecule has 5 heteroatoms. The Morgan fingerprint density at radius 3 is 2.50 bits per heavy atom. The summed E-state index contributed by atoms with van der Waals surface area (Å²) in [7, 11) is 0. The lowest BCUT2D eigenvalue weighted by Gasteiger charge is -2.05. The van der Waals surface area contributed by atoms with Crippen molar-refractivity contribution in [3.63, 3.8) is 0 Å². The number of carbonyl (C=O) groups is 1. The van der Waals surface area contributed by atoms with Crippen LogP contribution in [0.3, 0.4) is 0 Å². The summed E-state index contributed by atoms with van der Waals surface area (Å²) in [4.78, 5) is 17.5. The lowest BCUT2D eigenvalue weighted by molar-refractivity contribution is -0.128. The highest BCUT2D eigenvalue weighted by Gasteiger charge is 1.95. The van der Waals surface area contributed by atoms with Crippen molar-refractivity contribution < 1.29 is 9.53 Å². The number of aryl methyl sites for hydroxylation is 2. The Balaban J connectivity index is 0.000000347. The van der Waals surface area contributed by atoms with Gasteiger partial charge in [0.2, 0.25) is 0 Å². The molecule has 5 nitrogen and oxygen atoms in total. The van der Waals surface area contributed by atoms with E-state index in [1.165, 1.54) is 0 Å². The fourth-order valence-corrected chi connectivity index (χ4v) is 1.40. The van der Waals surface area contributed by atoms with Gasteiger partial charge < -0.3 is 10.1 Å². The van der Waals surface area contributed by atoms with Gasteiger partial charge in [-0.1, -0.05) is 0 Å². The van der Waals surface area contributed by atoms with Crippen LogP contribution in [0.2, 0.25) is 0 Å². The normalized spacial score (nSPS) is 9.15. The van der Waals surface area contributed by atoms with E-state index >= 15 is 0 Å². The number of pyridine rings is 2. The highest BCUT2D eigenvalue weighted by atomic mass is 16.5. The maximum atomic E-state index is 9.18. The van der Waals surface area contributed by atoms with Gasteiger partial charge in [0.1, 0.15) is 0 Å². The van der Waals surface area contributed by atoms with Crippen molar-refractivity contribution in [2.24, 2.45) is 0 Å². The summed E-state index contributed by atoms with van der Waals surface area (Å²) in [6.07, 6.45) is 5.45. The third kappa shape index (κ3) is 5.95. The van der Waals surface area contributed by atoms with Crippen molar-refractivity contribution in [1.82, 2.24) is 9.97 Å². The zero-order valence-corrected chi connectivity index (χ0v) is 12.0. The Kier molecular flexibility index (Phi) is 6.75. The number of anilines is 2. The van der Waals surface area contributed by atoms with Crippen LogP contribution in [0.25, 0.3) is 0 Å². The van der Waals surface area contributed by atoms with Gasteiger partial charge in [-0.05, 0) is 44.5 Å². The van der Waals surface area contributed by atoms with Gasteiger partial charge in [0, 0.05) is 11.9 Å². The lowest BCUT2D eigenvalue weighted by Crippen LogP contribution is -1.92. The van der Waals surface area contributed by atoms with Crippen LogP contribution >= 0.6 is 0 Å². The lowest BCUT2D eigenvalue weighted by atomic mass is 10.3. The number of aromatic nitrogens is 2. The first kappa shape index (κ1) is 15.6. The van der Waals surface area contributed by atoms with Crippen LogP contribution in [0, 0.1) is 13.8 Å².